The fraction of sp³-hybridized carbons (Fsp3) is 0.417. The highest BCUT2D eigenvalue weighted by Gasteiger charge is 1.98. The highest BCUT2D eigenvalue weighted by Crippen LogP contribution is 2.07. The van der Waals surface area contributed by atoms with E-state index in [4.69, 9.17) is 4.42 Å². The van der Waals surface area contributed by atoms with Crippen LogP contribution in [0.5, 0.6) is 0 Å². The summed E-state index contributed by atoms with van der Waals surface area (Å²) >= 11 is 0. The predicted molar refractivity (Wildman–Crippen MR) is 60.3 cm³/mol. The molecule has 0 saturated heterocycles. The predicted octanol–water partition coefficient (Wildman–Crippen LogP) is 2.37. The van der Waals surface area contributed by atoms with Crippen molar-refractivity contribution in [3.63, 3.8) is 0 Å². The van der Waals surface area contributed by atoms with Crippen LogP contribution in [0.3, 0.4) is 0 Å². The van der Waals surface area contributed by atoms with Gasteiger partial charge in [-0.3, -0.25) is 4.79 Å². The topological polar surface area (TPSA) is 42.2 Å². The van der Waals surface area contributed by atoms with Crippen molar-refractivity contribution in [3.05, 3.63) is 29.7 Å². The van der Waals surface area contributed by atoms with Crippen LogP contribution in [0, 0.1) is 12.8 Å². The molecule has 1 rings (SSSR count). The second-order valence-electron chi connectivity index (χ2n) is 3.92. The monoisotopic (exact) mass is 207 g/mol. The number of carbonyl (C=O) groups is 1. The molecule has 0 aliphatic rings. The Hall–Kier alpha value is -1.51. The second kappa shape index (κ2) is 5.39. The first kappa shape index (κ1) is 11.6. The summed E-state index contributed by atoms with van der Waals surface area (Å²) in [6.45, 7) is 6.68. The van der Waals surface area contributed by atoms with Crippen LogP contribution in [0.25, 0.3) is 6.08 Å². The third kappa shape index (κ3) is 4.49. The van der Waals surface area contributed by atoms with E-state index in [0.29, 0.717) is 18.2 Å². The lowest BCUT2D eigenvalue weighted by Crippen LogP contribution is -2.25. The van der Waals surface area contributed by atoms with Gasteiger partial charge in [-0.05, 0) is 31.1 Å². The SMILES string of the molecule is Cc1ccc(C=CC(=O)NCC(C)C)o1. The van der Waals surface area contributed by atoms with E-state index in [1.165, 1.54) is 6.08 Å². The molecule has 3 nitrogen and oxygen atoms in total. The van der Waals surface area contributed by atoms with E-state index in [2.05, 4.69) is 19.2 Å². The molecule has 1 aromatic heterocycles. The molecular weight excluding hydrogens is 190 g/mol. The largest absolute Gasteiger partial charge is 0.462 e. The normalized spacial score (nSPS) is 11.2. The molecule has 3 heteroatoms. The molecule has 0 aliphatic heterocycles. The Kier molecular flexibility index (Phi) is 4.16. The van der Waals surface area contributed by atoms with Crippen LogP contribution in [0.15, 0.2) is 22.6 Å². The molecule has 0 unspecified atom stereocenters. The first-order valence-corrected chi connectivity index (χ1v) is 5.10. The van der Waals surface area contributed by atoms with Crippen LogP contribution in [-0.2, 0) is 4.79 Å². The minimum Gasteiger partial charge on any atom is -0.462 e. The van der Waals surface area contributed by atoms with Crippen molar-refractivity contribution < 1.29 is 9.21 Å². The highest BCUT2D eigenvalue weighted by molar-refractivity contribution is 5.91. The molecule has 0 spiro atoms. The van der Waals surface area contributed by atoms with E-state index in [0.717, 1.165) is 5.76 Å². The molecule has 0 fully saturated rings. The zero-order valence-corrected chi connectivity index (χ0v) is 9.41. The zero-order chi connectivity index (χ0) is 11.3. The first-order chi connectivity index (χ1) is 7.08. The van der Waals surface area contributed by atoms with Gasteiger partial charge >= 0.3 is 0 Å². The maximum absolute atomic E-state index is 11.3. The van der Waals surface area contributed by atoms with E-state index in [1.807, 2.05) is 19.1 Å². The minimum absolute atomic E-state index is 0.0854. The molecule has 1 aromatic rings. The van der Waals surface area contributed by atoms with Crippen LogP contribution in [-0.4, -0.2) is 12.5 Å². The Morgan fingerprint density at radius 1 is 1.53 bits per heavy atom. The molecular formula is C12H17NO2. The van der Waals surface area contributed by atoms with Crippen molar-refractivity contribution in [2.45, 2.75) is 20.8 Å². The maximum Gasteiger partial charge on any atom is 0.244 e. The summed E-state index contributed by atoms with van der Waals surface area (Å²) in [7, 11) is 0. The molecule has 1 N–H and O–H groups in total. The van der Waals surface area contributed by atoms with Crippen LogP contribution in [0.1, 0.15) is 25.4 Å². The van der Waals surface area contributed by atoms with Crippen molar-refractivity contribution in [3.8, 4) is 0 Å². The molecule has 15 heavy (non-hydrogen) atoms. The first-order valence-electron chi connectivity index (χ1n) is 5.10. The second-order valence-corrected chi connectivity index (χ2v) is 3.92. The van der Waals surface area contributed by atoms with Crippen LogP contribution in [0.4, 0.5) is 0 Å². The number of hydrogen-bond donors (Lipinski definition) is 1. The summed E-state index contributed by atoms with van der Waals surface area (Å²) in [6.07, 6.45) is 3.16. The Bertz CT molecular complexity index is 350. The Morgan fingerprint density at radius 2 is 2.27 bits per heavy atom. The number of carbonyl (C=O) groups excluding carboxylic acids is 1. The van der Waals surface area contributed by atoms with Gasteiger partial charge in [-0.1, -0.05) is 13.8 Å². The Balaban J connectivity index is 2.40. The average molecular weight is 207 g/mol. The van der Waals surface area contributed by atoms with E-state index in [-0.39, 0.29) is 5.91 Å². The van der Waals surface area contributed by atoms with Crippen LogP contribution >= 0.6 is 0 Å². The van der Waals surface area contributed by atoms with Crippen molar-refractivity contribution in [2.75, 3.05) is 6.54 Å². The summed E-state index contributed by atoms with van der Waals surface area (Å²) in [4.78, 5) is 11.3. The van der Waals surface area contributed by atoms with Gasteiger partial charge in [0, 0.05) is 12.6 Å². The number of rotatable bonds is 4. The molecule has 0 aromatic carbocycles. The van der Waals surface area contributed by atoms with Gasteiger partial charge in [-0.15, -0.1) is 0 Å². The van der Waals surface area contributed by atoms with Gasteiger partial charge in [0.15, 0.2) is 0 Å². The molecule has 1 heterocycles. The van der Waals surface area contributed by atoms with E-state index in [9.17, 15) is 4.79 Å². The van der Waals surface area contributed by atoms with Crippen molar-refractivity contribution >= 4 is 12.0 Å². The molecule has 0 bridgehead atoms. The van der Waals surface area contributed by atoms with Gasteiger partial charge in [0.05, 0.1) is 0 Å². The highest BCUT2D eigenvalue weighted by atomic mass is 16.3. The summed E-state index contributed by atoms with van der Waals surface area (Å²) in [5, 5.41) is 2.79. The third-order valence-electron chi connectivity index (χ3n) is 1.84. The summed E-state index contributed by atoms with van der Waals surface area (Å²) in [5.74, 6) is 1.93. The maximum atomic E-state index is 11.3. The third-order valence-corrected chi connectivity index (χ3v) is 1.84. The molecule has 0 radical (unpaired) electrons. The van der Waals surface area contributed by atoms with Crippen LogP contribution in [0.2, 0.25) is 0 Å². The van der Waals surface area contributed by atoms with E-state index in [1.54, 1.807) is 6.08 Å². The van der Waals surface area contributed by atoms with E-state index >= 15 is 0 Å². The Labute approximate surface area is 90.2 Å². The number of aryl methyl sites for hydroxylation is 1. The van der Waals surface area contributed by atoms with Gasteiger partial charge < -0.3 is 9.73 Å². The summed E-state index contributed by atoms with van der Waals surface area (Å²) in [6, 6.07) is 3.70. The summed E-state index contributed by atoms with van der Waals surface area (Å²) in [5.41, 5.74) is 0. The van der Waals surface area contributed by atoms with Gasteiger partial charge in [-0.2, -0.15) is 0 Å². The molecule has 0 saturated carbocycles. The fourth-order valence-corrected chi connectivity index (χ4v) is 1.06. The standard InChI is InChI=1S/C12H17NO2/c1-9(2)8-13-12(14)7-6-11-5-4-10(3)15-11/h4-7,9H,8H2,1-3H3,(H,13,14). The minimum atomic E-state index is -0.0854. The Morgan fingerprint density at radius 3 is 2.80 bits per heavy atom. The lowest BCUT2D eigenvalue weighted by molar-refractivity contribution is -0.116. The number of nitrogens with one attached hydrogen (secondary N) is 1. The molecule has 82 valence electrons. The summed E-state index contributed by atoms with van der Waals surface area (Å²) < 4.78 is 5.29. The smallest absolute Gasteiger partial charge is 0.244 e. The van der Waals surface area contributed by atoms with Crippen LogP contribution < -0.4 is 5.32 Å². The lowest BCUT2D eigenvalue weighted by atomic mass is 10.2. The number of hydrogen-bond acceptors (Lipinski definition) is 2. The van der Waals surface area contributed by atoms with Gasteiger partial charge in [-0.25, -0.2) is 0 Å². The van der Waals surface area contributed by atoms with Crippen molar-refractivity contribution in [1.82, 2.24) is 5.32 Å². The van der Waals surface area contributed by atoms with Gasteiger partial charge in [0.1, 0.15) is 11.5 Å². The fourth-order valence-electron chi connectivity index (χ4n) is 1.06. The number of amides is 1. The molecule has 0 aliphatic carbocycles. The zero-order valence-electron chi connectivity index (χ0n) is 9.41. The van der Waals surface area contributed by atoms with Crippen molar-refractivity contribution in [2.24, 2.45) is 5.92 Å². The van der Waals surface area contributed by atoms with Crippen molar-refractivity contribution in [1.29, 1.82) is 0 Å². The quantitative estimate of drug-likeness (QED) is 0.770. The number of furan rings is 1. The molecule has 0 atom stereocenters. The van der Waals surface area contributed by atoms with Gasteiger partial charge in [0.2, 0.25) is 5.91 Å². The van der Waals surface area contributed by atoms with E-state index < -0.39 is 0 Å². The molecule has 1 amide bonds. The average Bonchev–Trinajstić information content (AvgIpc) is 2.58. The van der Waals surface area contributed by atoms with Gasteiger partial charge in [0.25, 0.3) is 0 Å². The lowest BCUT2D eigenvalue weighted by Gasteiger charge is -2.03.